The Morgan fingerprint density at radius 3 is 2.71 bits per heavy atom. The summed E-state index contributed by atoms with van der Waals surface area (Å²) in [4.78, 5) is 3.69. The number of nitrogens with one attached hydrogen (secondary N) is 1. The van der Waals surface area contributed by atoms with Gasteiger partial charge in [0.05, 0.1) is 0 Å². The van der Waals surface area contributed by atoms with Gasteiger partial charge >= 0.3 is 5.96 Å². The van der Waals surface area contributed by atoms with E-state index in [4.69, 9.17) is 11.3 Å². The Balaban J connectivity index is 0.00000169. The third kappa shape index (κ3) is 3.53. The standard InChI is InChI=1S/C8H10N4O.ClH/c9-8(12-10)11-5-6-3-1-2-4-7(6)13;/h1-5,13H,10H2,(H2,9,12);1H. The molecular weight excluding hydrogens is 204 g/mol. The van der Waals surface area contributed by atoms with Crippen molar-refractivity contribution >= 4 is 12.2 Å². The number of aliphatic imine (C=N–C) groups is 1. The van der Waals surface area contributed by atoms with E-state index < -0.39 is 0 Å². The van der Waals surface area contributed by atoms with E-state index in [-0.39, 0.29) is 24.1 Å². The van der Waals surface area contributed by atoms with Crippen LogP contribution in [0.1, 0.15) is 5.56 Å². The van der Waals surface area contributed by atoms with Crippen LogP contribution in [-0.4, -0.2) is 17.3 Å². The van der Waals surface area contributed by atoms with E-state index >= 15 is 0 Å². The van der Waals surface area contributed by atoms with Crippen LogP contribution in [0.5, 0.6) is 5.75 Å². The van der Waals surface area contributed by atoms with Crippen molar-refractivity contribution in [3.8, 4) is 5.75 Å². The fraction of sp³-hybridized carbons (Fsp3) is 0. The van der Waals surface area contributed by atoms with Crippen LogP contribution in [0, 0.1) is 5.41 Å². The zero-order valence-electron chi connectivity index (χ0n) is 7.31. The Kier molecular flexibility index (Phi) is 5.47. The van der Waals surface area contributed by atoms with E-state index in [1.807, 2.05) is 0 Å². The molecule has 0 aliphatic rings. The monoisotopic (exact) mass is 214 g/mol. The number of nitrogens with two attached hydrogens (primary N) is 2. The molecule has 76 valence electrons. The Bertz CT molecular complexity index is 340. The fourth-order valence-electron chi connectivity index (χ4n) is 0.779. The Morgan fingerprint density at radius 2 is 2.14 bits per heavy atom. The first-order valence-corrected chi connectivity index (χ1v) is 3.69. The molecule has 0 unspecified atom stereocenters. The number of aromatic hydroxyl groups is 1. The maximum Gasteiger partial charge on any atom is 0.337 e. The van der Waals surface area contributed by atoms with E-state index in [0.717, 1.165) is 5.43 Å². The van der Waals surface area contributed by atoms with Gasteiger partial charge < -0.3 is 17.5 Å². The summed E-state index contributed by atoms with van der Waals surface area (Å²) < 4.78 is 0. The van der Waals surface area contributed by atoms with E-state index in [0.29, 0.717) is 5.56 Å². The van der Waals surface area contributed by atoms with E-state index in [9.17, 15) is 5.11 Å². The first kappa shape index (κ1) is 12.6. The average Bonchev–Trinajstić information content (AvgIpc) is 2.16. The van der Waals surface area contributed by atoms with Gasteiger partial charge in [0.2, 0.25) is 0 Å². The quantitative estimate of drug-likeness (QED) is 0.167. The molecule has 0 saturated carbocycles. The van der Waals surface area contributed by atoms with Crippen molar-refractivity contribution in [2.45, 2.75) is 0 Å². The van der Waals surface area contributed by atoms with Gasteiger partial charge in [-0.1, -0.05) is 12.1 Å². The predicted octanol–water partition coefficient (Wildman–Crippen LogP) is -3.81. The molecule has 0 aliphatic heterocycles. The lowest BCUT2D eigenvalue weighted by atomic mass is 10.2. The van der Waals surface area contributed by atoms with Gasteiger partial charge in [-0.2, -0.15) is 10.8 Å². The molecule has 6 heteroatoms. The maximum absolute atomic E-state index is 9.29. The zero-order valence-corrected chi connectivity index (χ0v) is 8.07. The van der Waals surface area contributed by atoms with Crippen LogP contribution in [0.15, 0.2) is 29.3 Å². The van der Waals surface area contributed by atoms with Gasteiger partial charge in [-0.25, -0.2) is 10.8 Å². The molecule has 0 radical (unpaired) electrons. The Morgan fingerprint density at radius 1 is 1.50 bits per heavy atom. The van der Waals surface area contributed by atoms with Gasteiger partial charge in [-0.15, -0.1) is 0 Å². The van der Waals surface area contributed by atoms with Gasteiger partial charge in [0.15, 0.2) is 0 Å². The second-order valence-electron chi connectivity index (χ2n) is 2.37. The predicted molar refractivity (Wildman–Crippen MR) is 49.5 cm³/mol. The number of phenolic OH excluding ortho intramolecular Hbond substituents is 1. The molecule has 0 fully saturated rings. The number of nitrogens with zero attached hydrogens (tertiary/aromatic N) is 1. The number of halogens is 1. The largest absolute Gasteiger partial charge is 1.00 e. The Labute approximate surface area is 87.5 Å². The molecule has 0 aromatic heterocycles. The van der Waals surface area contributed by atoms with E-state index in [1.165, 1.54) is 6.21 Å². The van der Waals surface area contributed by atoms with Crippen molar-refractivity contribution < 1.29 is 22.9 Å². The molecule has 1 aromatic rings. The highest BCUT2D eigenvalue weighted by Gasteiger charge is 1.96. The lowest BCUT2D eigenvalue weighted by Crippen LogP contribution is -3.00. The molecule has 1 aromatic carbocycles. The van der Waals surface area contributed by atoms with E-state index in [2.05, 4.69) is 4.99 Å². The third-order valence-electron chi connectivity index (χ3n) is 1.44. The molecule has 6 N–H and O–H groups in total. The van der Waals surface area contributed by atoms with Crippen molar-refractivity contribution in [3.05, 3.63) is 29.8 Å². The second kappa shape index (κ2) is 6.09. The summed E-state index contributed by atoms with van der Waals surface area (Å²) in [6.45, 7) is 0. The minimum atomic E-state index is -0.0387. The van der Waals surface area contributed by atoms with Gasteiger partial charge in [0.1, 0.15) is 5.75 Å². The summed E-state index contributed by atoms with van der Waals surface area (Å²) in [6.07, 6.45) is 1.39. The number of quaternary nitrogens is 1. The first-order chi connectivity index (χ1) is 6.24. The molecule has 0 amide bonds. The summed E-state index contributed by atoms with van der Waals surface area (Å²) in [5.74, 6) is 5.15. The molecule has 0 heterocycles. The van der Waals surface area contributed by atoms with Crippen LogP contribution >= 0.6 is 0 Å². The summed E-state index contributed by atoms with van der Waals surface area (Å²) in [6, 6.07) is 6.74. The van der Waals surface area contributed by atoms with Crippen molar-refractivity contribution in [1.29, 1.82) is 5.41 Å². The minimum Gasteiger partial charge on any atom is -1.00 e. The molecule has 14 heavy (non-hydrogen) atoms. The molecule has 0 spiro atoms. The highest BCUT2D eigenvalue weighted by atomic mass is 35.5. The minimum absolute atomic E-state index is 0. The average molecular weight is 215 g/mol. The van der Waals surface area contributed by atoms with Crippen LogP contribution in [0.4, 0.5) is 0 Å². The van der Waals surface area contributed by atoms with Crippen LogP contribution in [0.25, 0.3) is 0 Å². The van der Waals surface area contributed by atoms with Gasteiger partial charge in [0.25, 0.3) is 0 Å². The first-order valence-electron chi connectivity index (χ1n) is 3.69. The lowest BCUT2D eigenvalue weighted by Gasteiger charge is -1.95. The number of benzene rings is 1. The zero-order chi connectivity index (χ0) is 9.68. The van der Waals surface area contributed by atoms with Crippen molar-refractivity contribution in [2.75, 3.05) is 0 Å². The number of para-hydroxylation sites is 1. The number of rotatable bonds is 1. The molecule has 0 bridgehead atoms. The van der Waals surface area contributed by atoms with E-state index in [1.54, 1.807) is 24.3 Å². The Hall–Kier alpha value is -1.43. The summed E-state index contributed by atoms with van der Waals surface area (Å²) >= 11 is 0. The van der Waals surface area contributed by atoms with Crippen LogP contribution in [-0.2, 0) is 0 Å². The third-order valence-corrected chi connectivity index (χ3v) is 1.44. The molecule has 0 atom stereocenters. The lowest BCUT2D eigenvalue weighted by molar-refractivity contribution is -0.555. The van der Waals surface area contributed by atoms with Crippen molar-refractivity contribution in [1.82, 2.24) is 0 Å². The second-order valence-corrected chi connectivity index (χ2v) is 2.37. The van der Waals surface area contributed by atoms with Crippen molar-refractivity contribution in [2.24, 2.45) is 10.8 Å². The smallest absolute Gasteiger partial charge is 0.337 e. The highest BCUT2D eigenvalue weighted by Crippen LogP contribution is 2.12. The normalized spacial score (nSPS) is 9.79. The van der Waals surface area contributed by atoms with Gasteiger partial charge in [-0.3, -0.25) is 0 Å². The van der Waals surface area contributed by atoms with Crippen LogP contribution in [0.2, 0.25) is 0 Å². The highest BCUT2D eigenvalue weighted by molar-refractivity contribution is 5.90. The summed E-state index contributed by atoms with van der Waals surface area (Å²) in [7, 11) is 0. The number of hydrogen-bond acceptors (Lipinski definition) is 3. The number of hydrogen-bond donors (Lipinski definition) is 4. The number of phenols is 1. The maximum atomic E-state index is 9.29. The summed E-state index contributed by atoms with van der Waals surface area (Å²) in [5.41, 5.74) is 1.64. The molecule has 5 nitrogen and oxygen atoms in total. The van der Waals surface area contributed by atoms with Crippen LogP contribution in [0.3, 0.4) is 0 Å². The van der Waals surface area contributed by atoms with Gasteiger partial charge in [0, 0.05) is 11.8 Å². The topological polar surface area (TPSA) is 99.1 Å². The fourth-order valence-corrected chi connectivity index (χ4v) is 0.779. The molecular formula is C8H11ClN4O. The SMILES string of the molecule is N=C(N=Cc1ccccc1O)[NH2+]N.[Cl-]. The summed E-state index contributed by atoms with van der Waals surface area (Å²) in [5, 5.41) is 16.4. The van der Waals surface area contributed by atoms with Crippen LogP contribution < -0.4 is 23.7 Å². The van der Waals surface area contributed by atoms with Gasteiger partial charge in [-0.05, 0) is 12.1 Å². The molecule has 0 saturated heterocycles. The molecule has 0 aliphatic carbocycles. The van der Waals surface area contributed by atoms with Crippen molar-refractivity contribution in [3.63, 3.8) is 0 Å². The number of guanidine groups is 1. The molecule has 1 rings (SSSR count).